The number of benzene rings is 2. The van der Waals surface area contributed by atoms with Crippen LogP contribution in [0, 0.1) is 17.1 Å². The first-order valence-corrected chi connectivity index (χ1v) is 8.59. The molecule has 6 heteroatoms. The zero-order valence-corrected chi connectivity index (χ0v) is 15.0. The highest BCUT2D eigenvalue weighted by Gasteiger charge is 2.16. The summed E-state index contributed by atoms with van der Waals surface area (Å²) in [5.41, 5.74) is 10.1. The van der Waals surface area contributed by atoms with Crippen LogP contribution in [0.25, 0.3) is 27.8 Å². The molecule has 0 spiro atoms. The summed E-state index contributed by atoms with van der Waals surface area (Å²) in [4.78, 5) is 4.35. The van der Waals surface area contributed by atoms with E-state index in [0.29, 0.717) is 15.7 Å². The zero-order valence-electron chi connectivity index (χ0n) is 13.4. The van der Waals surface area contributed by atoms with Crippen LogP contribution < -0.4 is 5.73 Å². The van der Waals surface area contributed by atoms with Gasteiger partial charge < -0.3 is 10.3 Å². The van der Waals surface area contributed by atoms with Gasteiger partial charge >= 0.3 is 0 Å². The molecule has 0 aliphatic carbocycles. The molecule has 0 radical (unpaired) electrons. The van der Waals surface area contributed by atoms with E-state index in [1.807, 2.05) is 35.0 Å². The monoisotopic (exact) mass is 406 g/mol. The molecule has 0 fully saturated rings. The summed E-state index contributed by atoms with van der Waals surface area (Å²) in [6.45, 7) is 0. The summed E-state index contributed by atoms with van der Waals surface area (Å²) >= 11 is 3.22. The van der Waals surface area contributed by atoms with Gasteiger partial charge in [-0.05, 0) is 64.5 Å². The van der Waals surface area contributed by atoms with Gasteiger partial charge in [-0.2, -0.15) is 5.26 Å². The Balaban J connectivity index is 2.03. The number of nitriles is 1. The van der Waals surface area contributed by atoms with Crippen LogP contribution in [0.2, 0.25) is 0 Å². The quantitative estimate of drug-likeness (QED) is 0.473. The largest absolute Gasteiger partial charge is 0.399 e. The molecule has 0 saturated carbocycles. The first-order chi connectivity index (χ1) is 12.6. The molecule has 0 atom stereocenters. The van der Waals surface area contributed by atoms with Crippen LogP contribution in [-0.2, 0) is 0 Å². The second kappa shape index (κ2) is 6.28. The van der Waals surface area contributed by atoms with E-state index in [9.17, 15) is 9.65 Å². The molecule has 2 heterocycles. The van der Waals surface area contributed by atoms with Crippen molar-refractivity contribution in [2.45, 2.75) is 0 Å². The predicted molar refractivity (Wildman–Crippen MR) is 103 cm³/mol. The number of nitrogens with two attached hydrogens (primary N) is 1. The van der Waals surface area contributed by atoms with Crippen molar-refractivity contribution in [2.75, 3.05) is 5.73 Å². The summed E-state index contributed by atoms with van der Waals surface area (Å²) < 4.78 is 15.9. The Labute approximate surface area is 157 Å². The first kappa shape index (κ1) is 16.3. The molecule has 0 saturated heterocycles. The van der Waals surface area contributed by atoms with E-state index in [-0.39, 0.29) is 5.82 Å². The molecule has 0 aliphatic rings. The Kier molecular flexibility index (Phi) is 3.94. The van der Waals surface area contributed by atoms with Gasteiger partial charge in [0.1, 0.15) is 11.9 Å². The fourth-order valence-electron chi connectivity index (χ4n) is 3.02. The molecule has 2 aromatic heterocycles. The minimum Gasteiger partial charge on any atom is -0.399 e. The number of aromatic nitrogens is 2. The van der Waals surface area contributed by atoms with Crippen molar-refractivity contribution in [1.82, 2.24) is 9.55 Å². The highest BCUT2D eigenvalue weighted by Crippen LogP contribution is 2.34. The maximum atomic E-state index is 13.6. The van der Waals surface area contributed by atoms with Crippen molar-refractivity contribution in [1.29, 1.82) is 5.26 Å². The minimum absolute atomic E-state index is 0.331. The highest BCUT2D eigenvalue weighted by atomic mass is 79.9. The van der Waals surface area contributed by atoms with Crippen molar-refractivity contribution in [3.8, 4) is 23.0 Å². The Hall–Kier alpha value is -3.17. The van der Waals surface area contributed by atoms with Crippen LogP contribution in [0.15, 0.2) is 65.4 Å². The number of pyridine rings is 1. The highest BCUT2D eigenvalue weighted by molar-refractivity contribution is 9.10. The average Bonchev–Trinajstić information content (AvgIpc) is 3.12. The molecule has 26 heavy (non-hydrogen) atoms. The third kappa shape index (κ3) is 2.63. The minimum atomic E-state index is -0.331. The maximum Gasteiger partial charge on any atom is 0.137 e. The Morgan fingerprint density at radius 3 is 2.77 bits per heavy atom. The second-order valence-electron chi connectivity index (χ2n) is 5.80. The molecule has 4 nitrogen and oxygen atoms in total. The van der Waals surface area contributed by atoms with Gasteiger partial charge in [0.15, 0.2) is 0 Å². The molecule has 2 N–H and O–H groups in total. The molecule has 4 aromatic rings. The van der Waals surface area contributed by atoms with E-state index in [1.165, 1.54) is 6.07 Å². The predicted octanol–water partition coefficient (Wildman–Crippen LogP) is 5.05. The van der Waals surface area contributed by atoms with Crippen molar-refractivity contribution in [3.63, 3.8) is 0 Å². The molecule has 0 aliphatic heterocycles. The third-order valence-electron chi connectivity index (χ3n) is 4.20. The van der Waals surface area contributed by atoms with Gasteiger partial charge in [-0.3, -0.25) is 4.98 Å². The molecular formula is C20H12BrFN4. The van der Waals surface area contributed by atoms with Crippen molar-refractivity contribution in [2.24, 2.45) is 0 Å². The Morgan fingerprint density at radius 2 is 2.00 bits per heavy atom. The summed E-state index contributed by atoms with van der Waals surface area (Å²) in [5, 5.41) is 10.4. The van der Waals surface area contributed by atoms with Gasteiger partial charge in [-0.25, -0.2) is 4.39 Å². The number of nitrogen functional groups attached to an aromatic ring is 1. The van der Waals surface area contributed by atoms with E-state index in [4.69, 9.17) is 5.73 Å². The van der Waals surface area contributed by atoms with E-state index < -0.39 is 0 Å². The van der Waals surface area contributed by atoms with Gasteiger partial charge in [0, 0.05) is 34.7 Å². The maximum absolute atomic E-state index is 13.6. The molecule has 0 bridgehead atoms. The van der Waals surface area contributed by atoms with E-state index >= 15 is 0 Å². The first-order valence-electron chi connectivity index (χ1n) is 7.80. The van der Waals surface area contributed by atoms with Gasteiger partial charge in [0.05, 0.1) is 21.2 Å². The second-order valence-corrected chi connectivity index (χ2v) is 6.65. The number of fused-ring (bicyclic) bond motifs is 1. The van der Waals surface area contributed by atoms with Crippen LogP contribution in [0.4, 0.5) is 10.1 Å². The number of anilines is 1. The standard InChI is InChI=1S/C20H12BrFN4/c21-16-9-14(4-5-17(16)22)26-7-1-2-19(26)20-12(10-23)11-25-18-6-3-13(24)8-15(18)20/h1-9,11H,24H2. The van der Waals surface area contributed by atoms with Gasteiger partial charge in [-0.1, -0.05) is 0 Å². The normalized spacial score (nSPS) is 10.8. The third-order valence-corrected chi connectivity index (χ3v) is 4.81. The number of halogens is 2. The lowest BCUT2D eigenvalue weighted by atomic mass is 10.0. The molecular weight excluding hydrogens is 395 g/mol. The molecule has 0 unspecified atom stereocenters. The van der Waals surface area contributed by atoms with Crippen molar-refractivity contribution >= 4 is 32.5 Å². The van der Waals surface area contributed by atoms with Gasteiger partial charge in [0.25, 0.3) is 0 Å². The van der Waals surface area contributed by atoms with Crippen LogP contribution >= 0.6 is 15.9 Å². The average molecular weight is 407 g/mol. The van der Waals surface area contributed by atoms with Crippen LogP contribution in [0.3, 0.4) is 0 Å². The topological polar surface area (TPSA) is 67.6 Å². The number of hydrogen-bond donors (Lipinski definition) is 1. The summed E-state index contributed by atoms with van der Waals surface area (Å²) in [7, 11) is 0. The zero-order chi connectivity index (χ0) is 18.3. The lowest BCUT2D eigenvalue weighted by molar-refractivity contribution is 0.620. The van der Waals surface area contributed by atoms with Crippen LogP contribution in [0.5, 0.6) is 0 Å². The van der Waals surface area contributed by atoms with Crippen molar-refractivity contribution in [3.05, 3.63) is 76.8 Å². The summed E-state index contributed by atoms with van der Waals surface area (Å²) in [6, 6.07) is 16.2. The number of rotatable bonds is 2. The smallest absolute Gasteiger partial charge is 0.137 e. The number of hydrogen-bond acceptors (Lipinski definition) is 3. The molecule has 0 amide bonds. The summed E-state index contributed by atoms with van der Waals surface area (Å²) in [6.07, 6.45) is 3.43. The van der Waals surface area contributed by atoms with Crippen molar-refractivity contribution < 1.29 is 4.39 Å². The van der Waals surface area contributed by atoms with E-state index in [0.717, 1.165) is 27.8 Å². The van der Waals surface area contributed by atoms with Crippen LogP contribution in [-0.4, -0.2) is 9.55 Å². The van der Waals surface area contributed by atoms with Gasteiger partial charge in [-0.15, -0.1) is 0 Å². The van der Waals surface area contributed by atoms with E-state index in [1.54, 1.807) is 24.4 Å². The van der Waals surface area contributed by atoms with Gasteiger partial charge in [0.2, 0.25) is 0 Å². The molecule has 126 valence electrons. The fraction of sp³-hybridized carbons (Fsp3) is 0. The van der Waals surface area contributed by atoms with E-state index in [2.05, 4.69) is 27.0 Å². The molecule has 4 rings (SSSR count). The lowest BCUT2D eigenvalue weighted by Crippen LogP contribution is -1.99. The number of nitrogens with zero attached hydrogens (tertiary/aromatic N) is 3. The lowest BCUT2D eigenvalue weighted by Gasteiger charge is -2.14. The Bertz CT molecular complexity index is 1190. The molecule has 2 aromatic carbocycles. The van der Waals surface area contributed by atoms with Crippen LogP contribution in [0.1, 0.15) is 5.56 Å². The summed E-state index contributed by atoms with van der Waals surface area (Å²) in [5.74, 6) is -0.331. The SMILES string of the molecule is N#Cc1cnc2ccc(N)cc2c1-c1cccn1-c1ccc(F)c(Br)c1. The fourth-order valence-corrected chi connectivity index (χ4v) is 3.38. The Morgan fingerprint density at radius 1 is 1.15 bits per heavy atom.